The van der Waals surface area contributed by atoms with E-state index in [1.807, 2.05) is 61.2 Å². The first-order valence-corrected chi connectivity index (χ1v) is 11.9. The number of aryl methyl sites for hydroxylation is 3. The number of carbonyl (C=O) groups is 1. The zero-order chi connectivity index (χ0) is 23.5. The number of sulfonamides is 1. The quantitative estimate of drug-likeness (QED) is 0.494. The Morgan fingerprint density at radius 2 is 1.59 bits per heavy atom. The third kappa shape index (κ3) is 5.11. The number of hydrogen-bond donors (Lipinski definition) is 2. The van der Waals surface area contributed by atoms with Crippen molar-refractivity contribution in [3.63, 3.8) is 0 Å². The molecule has 0 radical (unpaired) electrons. The van der Waals surface area contributed by atoms with Crippen molar-refractivity contribution < 1.29 is 18.3 Å². The highest BCUT2D eigenvalue weighted by Crippen LogP contribution is 2.29. The second-order valence-corrected chi connectivity index (χ2v) is 9.49. The van der Waals surface area contributed by atoms with E-state index >= 15 is 0 Å². The van der Waals surface area contributed by atoms with Crippen molar-refractivity contribution in [2.75, 3.05) is 16.2 Å². The third-order valence-corrected chi connectivity index (χ3v) is 6.98. The molecule has 0 saturated heterocycles. The molecule has 0 spiro atoms. The number of carboxylic acid groups (broad SMARTS) is 1. The number of aromatic carboxylic acids is 1. The van der Waals surface area contributed by atoms with Gasteiger partial charge in [0.2, 0.25) is 0 Å². The van der Waals surface area contributed by atoms with Crippen molar-refractivity contribution in [2.45, 2.75) is 39.1 Å². The fourth-order valence-electron chi connectivity index (χ4n) is 4.01. The molecular formula is C25H28N2O4S. The second kappa shape index (κ2) is 9.44. The molecule has 0 heterocycles. The molecular weight excluding hydrogens is 424 g/mol. The fourth-order valence-corrected chi connectivity index (χ4v) is 5.52. The van der Waals surface area contributed by atoms with Crippen LogP contribution in [0.3, 0.4) is 0 Å². The normalized spacial score (nSPS) is 11.2. The van der Waals surface area contributed by atoms with Crippen molar-refractivity contribution >= 4 is 27.4 Å². The van der Waals surface area contributed by atoms with Gasteiger partial charge in [0.25, 0.3) is 10.0 Å². The summed E-state index contributed by atoms with van der Waals surface area (Å²) in [6.07, 6.45) is 0. The van der Waals surface area contributed by atoms with Crippen molar-refractivity contribution in [3.8, 4) is 0 Å². The van der Waals surface area contributed by atoms with E-state index in [0.29, 0.717) is 29.9 Å². The summed E-state index contributed by atoms with van der Waals surface area (Å²) < 4.78 is 28.7. The Hall–Kier alpha value is -3.32. The molecule has 3 aromatic rings. The summed E-state index contributed by atoms with van der Waals surface area (Å²) >= 11 is 0. The van der Waals surface area contributed by atoms with Crippen LogP contribution in [0.2, 0.25) is 0 Å². The van der Waals surface area contributed by atoms with E-state index in [4.69, 9.17) is 0 Å². The summed E-state index contributed by atoms with van der Waals surface area (Å²) in [7, 11) is -3.88. The highest BCUT2D eigenvalue weighted by molar-refractivity contribution is 7.92. The molecule has 2 N–H and O–H groups in total. The fraction of sp³-hybridized carbons (Fsp3) is 0.240. The zero-order valence-electron chi connectivity index (χ0n) is 18.7. The molecule has 0 aliphatic carbocycles. The van der Waals surface area contributed by atoms with Crippen LogP contribution < -0.4 is 9.62 Å². The van der Waals surface area contributed by atoms with Crippen molar-refractivity contribution in [3.05, 3.63) is 88.5 Å². The summed E-state index contributed by atoms with van der Waals surface area (Å²) in [5, 5.41) is 9.83. The van der Waals surface area contributed by atoms with Gasteiger partial charge in [-0.05, 0) is 62.6 Å². The van der Waals surface area contributed by atoms with E-state index in [1.165, 1.54) is 6.07 Å². The number of carboxylic acids is 1. The summed E-state index contributed by atoms with van der Waals surface area (Å²) in [5.74, 6) is -1.12. The van der Waals surface area contributed by atoms with E-state index in [0.717, 1.165) is 11.1 Å². The Labute approximate surface area is 189 Å². The smallest absolute Gasteiger partial charge is 0.337 e. The van der Waals surface area contributed by atoms with Crippen LogP contribution in [0.1, 0.15) is 39.5 Å². The average molecular weight is 453 g/mol. The van der Waals surface area contributed by atoms with Crippen LogP contribution in [0.5, 0.6) is 0 Å². The first kappa shape index (κ1) is 23.3. The SMILES string of the molecule is CCN(Cc1ccccc1)c1ccc(NS(=O)(=O)c2c(C)cc(C)cc2C)cc1C(=O)O. The van der Waals surface area contributed by atoms with E-state index < -0.39 is 16.0 Å². The number of hydrogen-bond acceptors (Lipinski definition) is 4. The van der Waals surface area contributed by atoms with Gasteiger partial charge in [-0.3, -0.25) is 4.72 Å². The van der Waals surface area contributed by atoms with Crippen LogP contribution in [-0.4, -0.2) is 26.0 Å². The molecule has 32 heavy (non-hydrogen) atoms. The van der Waals surface area contributed by atoms with Gasteiger partial charge in [0.15, 0.2) is 0 Å². The minimum atomic E-state index is -3.88. The lowest BCUT2D eigenvalue weighted by Gasteiger charge is -2.25. The Bertz CT molecular complexity index is 1220. The minimum absolute atomic E-state index is 0.0420. The standard InChI is InChI=1S/C25H28N2O4S/c1-5-27(16-20-9-7-6-8-10-20)23-12-11-21(15-22(23)25(28)29)26-32(30,31)24-18(3)13-17(2)14-19(24)4/h6-15,26H,5,16H2,1-4H3,(H,28,29). The highest BCUT2D eigenvalue weighted by atomic mass is 32.2. The zero-order valence-corrected chi connectivity index (χ0v) is 19.5. The van der Waals surface area contributed by atoms with Gasteiger partial charge in [0.1, 0.15) is 0 Å². The Morgan fingerprint density at radius 3 is 2.16 bits per heavy atom. The van der Waals surface area contributed by atoms with Crippen LogP contribution in [0.4, 0.5) is 11.4 Å². The monoisotopic (exact) mass is 452 g/mol. The van der Waals surface area contributed by atoms with Crippen molar-refractivity contribution in [1.82, 2.24) is 0 Å². The molecule has 0 bridgehead atoms. The largest absolute Gasteiger partial charge is 0.478 e. The summed E-state index contributed by atoms with van der Waals surface area (Å²) in [6.45, 7) is 8.52. The highest BCUT2D eigenvalue weighted by Gasteiger charge is 2.22. The Kier molecular flexibility index (Phi) is 6.89. The molecule has 0 atom stereocenters. The molecule has 6 nitrogen and oxygen atoms in total. The van der Waals surface area contributed by atoms with Crippen LogP contribution in [0.15, 0.2) is 65.6 Å². The number of nitrogens with one attached hydrogen (secondary N) is 1. The lowest BCUT2D eigenvalue weighted by molar-refractivity contribution is 0.0697. The van der Waals surface area contributed by atoms with E-state index in [9.17, 15) is 18.3 Å². The van der Waals surface area contributed by atoms with Crippen LogP contribution in [0, 0.1) is 20.8 Å². The van der Waals surface area contributed by atoms with E-state index in [2.05, 4.69) is 4.72 Å². The van der Waals surface area contributed by atoms with E-state index in [-0.39, 0.29) is 16.1 Å². The molecule has 168 valence electrons. The van der Waals surface area contributed by atoms with Gasteiger partial charge in [0, 0.05) is 18.8 Å². The number of anilines is 2. The van der Waals surface area contributed by atoms with Gasteiger partial charge >= 0.3 is 5.97 Å². The third-order valence-electron chi connectivity index (χ3n) is 5.29. The number of benzene rings is 3. The Morgan fingerprint density at radius 1 is 0.969 bits per heavy atom. The molecule has 0 aromatic heterocycles. The maximum Gasteiger partial charge on any atom is 0.337 e. The molecule has 0 unspecified atom stereocenters. The topological polar surface area (TPSA) is 86.7 Å². The summed E-state index contributed by atoms with van der Waals surface area (Å²) in [5.41, 5.74) is 4.11. The van der Waals surface area contributed by atoms with Gasteiger partial charge in [-0.1, -0.05) is 48.0 Å². The first-order chi connectivity index (χ1) is 15.1. The van der Waals surface area contributed by atoms with Gasteiger partial charge in [-0.25, -0.2) is 13.2 Å². The summed E-state index contributed by atoms with van der Waals surface area (Å²) in [4.78, 5) is 14.2. The predicted octanol–water partition coefficient (Wildman–Crippen LogP) is 5.14. The Balaban J connectivity index is 1.96. The molecule has 0 saturated carbocycles. The predicted molar refractivity (Wildman–Crippen MR) is 128 cm³/mol. The van der Waals surface area contributed by atoms with Crippen LogP contribution in [0.25, 0.3) is 0 Å². The van der Waals surface area contributed by atoms with Crippen LogP contribution >= 0.6 is 0 Å². The maximum absolute atomic E-state index is 13.1. The summed E-state index contributed by atoms with van der Waals surface area (Å²) in [6, 6.07) is 18.0. The van der Waals surface area contributed by atoms with Gasteiger partial charge in [0.05, 0.1) is 16.1 Å². The van der Waals surface area contributed by atoms with Crippen LogP contribution in [-0.2, 0) is 16.6 Å². The average Bonchev–Trinajstić information content (AvgIpc) is 2.71. The van der Waals surface area contributed by atoms with Gasteiger partial charge in [-0.2, -0.15) is 0 Å². The van der Waals surface area contributed by atoms with Crippen molar-refractivity contribution in [1.29, 1.82) is 0 Å². The molecule has 0 aliphatic heterocycles. The maximum atomic E-state index is 13.1. The molecule has 3 aromatic carbocycles. The first-order valence-electron chi connectivity index (χ1n) is 10.4. The van der Waals surface area contributed by atoms with E-state index in [1.54, 1.807) is 26.0 Å². The minimum Gasteiger partial charge on any atom is -0.478 e. The second-order valence-electron chi connectivity index (χ2n) is 7.87. The molecule has 0 fully saturated rings. The van der Waals surface area contributed by atoms with Crippen molar-refractivity contribution in [2.24, 2.45) is 0 Å². The molecule has 3 rings (SSSR count). The lowest BCUT2D eigenvalue weighted by atomic mass is 10.1. The molecule has 0 aliphatic rings. The lowest BCUT2D eigenvalue weighted by Crippen LogP contribution is -2.24. The number of nitrogens with zero attached hydrogens (tertiary/aromatic N) is 1. The number of rotatable bonds is 8. The van der Waals surface area contributed by atoms with Gasteiger partial charge < -0.3 is 10.0 Å². The molecule has 7 heteroatoms. The molecule has 0 amide bonds. The van der Waals surface area contributed by atoms with Gasteiger partial charge in [-0.15, -0.1) is 0 Å².